The fourth-order valence-corrected chi connectivity index (χ4v) is 2.21. The number of nitrogens with one attached hydrogen (secondary N) is 1. The first-order valence-electron chi connectivity index (χ1n) is 5.89. The highest BCUT2D eigenvalue weighted by Crippen LogP contribution is 2.11. The smallest absolute Gasteiger partial charge is 0.326 e. The van der Waals surface area contributed by atoms with Crippen molar-refractivity contribution < 1.29 is 19.4 Å². The SMILES string of the molecule is CSCC[C@@H](NC(=O)N(C)C1CCOC1)C(=O)O. The van der Waals surface area contributed by atoms with Gasteiger partial charge in [-0.1, -0.05) is 0 Å². The van der Waals surface area contributed by atoms with Crippen LogP contribution in [0.5, 0.6) is 0 Å². The molecular weight excluding hydrogens is 256 g/mol. The lowest BCUT2D eigenvalue weighted by Gasteiger charge is -2.25. The summed E-state index contributed by atoms with van der Waals surface area (Å²) < 4.78 is 5.20. The first-order valence-corrected chi connectivity index (χ1v) is 7.28. The van der Waals surface area contributed by atoms with Crippen LogP contribution in [0.25, 0.3) is 0 Å². The van der Waals surface area contributed by atoms with E-state index in [1.54, 1.807) is 18.8 Å². The van der Waals surface area contributed by atoms with E-state index in [2.05, 4.69) is 5.32 Å². The molecule has 0 spiro atoms. The van der Waals surface area contributed by atoms with Crippen LogP contribution in [0.15, 0.2) is 0 Å². The normalized spacial score (nSPS) is 20.4. The van der Waals surface area contributed by atoms with Crippen molar-refractivity contribution in [2.75, 3.05) is 32.3 Å². The van der Waals surface area contributed by atoms with Gasteiger partial charge in [0.1, 0.15) is 6.04 Å². The average Bonchev–Trinajstić information content (AvgIpc) is 2.86. The van der Waals surface area contributed by atoms with Gasteiger partial charge < -0.3 is 20.1 Å². The Morgan fingerprint density at radius 1 is 1.61 bits per heavy atom. The van der Waals surface area contributed by atoms with Crippen molar-refractivity contribution in [1.29, 1.82) is 0 Å². The number of ether oxygens (including phenoxy) is 1. The molecule has 1 unspecified atom stereocenters. The van der Waals surface area contributed by atoms with Crippen molar-refractivity contribution in [3.63, 3.8) is 0 Å². The van der Waals surface area contributed by atoms with E-state index >= 15 is 0 Å². The molecule has 2 amide bonds. The molecule has 104 valence electrons. The van der Waals surface area contributed by atoms with Crippen molar-refractivity contribution in [3.8, 4) is 0 Å². The summed E-state index contributed by atoms with van der Waals surface area (Å²) in [7, 11) is 1.67. The highest BCUT2D eigenvalue weighted by Gasteiger charge is 2.27. The van der Waals surface area contributed by atoms with Crippen LogP contribution < -0.4 is 5.32 Å². The summed E-state index contributed by atoms with van der Waals surface area (Å²) in [6.45, 7) is 1.17. The Morgan fingerprint density at radius 2 is 2.33 bits per heavy atom. The molecule has 0 radical (unpaired) electrons. The molecule has 6 nitrogen and oxygen atoms in total. The number of amides is 2. The zero-order chi connectivity index (χ0) is 13.5. The van der Waals surface area contributed by atoms with E-state index < -0.39 is 12.0 Å². The van der Waals surface area contributed by atoms with E-state index in [9.17, 15) is 9.59 Å². The monoisotopic (exact) mass is 276 g/mol. The molecule has 0 saturated carbocycles. The van der Waals surface area contributed by atoms with Crippen LogP contribution in [0.1, 0.15) is 12.8 Å². The third-order valence-electron chi connectivity index (χ3n) is 2.98. The Hall–Kier alpha value is -0.950. The topological polar surface area (TPSA) is 78.9 Å². The molecule has 0 aromatic carbocycles. The molecule has 1 heterocycles. The van der Waals surface area contributed by atoms with Crippen molar-refractivity contribution in [2.45, 2.75) is 24.9 Å². The number of carbonyl (C=O) groups is 2. The lowest BCUT2D eigenvalue weighted by molar-refractivity contribution is -0.139. The Balaban J connectivity index is 2.46. The highest BCUT2D eigenvalue weighted by molar-refractivity contribution is 7.98. The molecule has 1 fully saturated rings. The summed E-state index contributed by atoms with van der Waals surface area (Å²) in [6, 6.07) is -1.13. The summed E-state index contributed by atoms with van der Waals surface area (Å²) in [5.41, 5.74) is 0. The number of thioether (sulfide) groups is 1. The van der Waals surface area contributed by atoms with Gasteiger partial charge in [0.15, 0.2) is 0 Å². The quantitative estimate of drug-likeness (QED) is 0.743. The molecule has 1 rings (SSSR count). The average molecular weight is 276 g/mol. The Labute approximate surface area is 111 Å². The second-order valence-electron chi connectivity index (χ2n) is 4.25. The van der Waals surface area contributed by atoms with Gasteiger partial charge in [-0.15, -0.1) is 0 Å². The summed E-state index contributed by atoms with van der Waals surface area (Å²) in [5, 5.41) is 11.6. The van der Waals surface area contributed by atoms with Crippen LogP contribution >= 0.6 is 11.8 Å². The molecule has 0 aromatic rings. The van der Waals surface area contributed by atoms with E-state index in [0.717, 1.165) is 6.42 Å². The number of carboxylic acids is 1. The molecule has 1 saturated heterocycles. The van der Waals surface area contributed by atoms with E-state index in [-0.39, 0.29) is 12.1 Å². The number of hydrogen-bond acceptors (Lipinski definition) is 4. The number of carboxylic acid groups (broad SMARTS) is 1. The minimum absolute atomic E-state index is 0.0417. The van der Waals surface area contributed by atoms with E-state index in [1.165, 1.54) is 4.90 Å². The molecule has 2 atom stereocenters. The number of carbonyl (C=O) groups excluding carboxylic acids is 1. The van der Waals surface area contributed by atoms with Crippen LogP contribution in [-0.4, -0.2) is 66.4 Å². The van der Waals surface area contributed by atoms with Gasteiger partial charge >= 0.3 is 12.0 Å². The van der Waals surface area contributed by atoms with Gasteiger partial charge in [0.05, 0.1) is 12.6 Å². The first kappa shape index (κ1) is 15.1. The van der Waals surface area contributed by atoms with Crippen LogP contribution in [0.2, 0.25) is 0 Å². The van der Waals surface area contributed by atoms with Gasteiger partial charge in [-0.25, -0.2) is 9.59 Å². The maximum Gasteiger partial charge on any atom is 0.326 e. The Morgan fingerprint density at radius 3 is 2.83 bits per heavy atom. The third kappa shape index (κ3) is 4.38. The van der Waals surface area contributed by atoms with Crippen LogP contribution in [0, 0.1) is 0 Å². The summed E-state index contributed by atoms with van der Waals surface area (Å²) in [5.74, 6) is -0.290. The van der Waals surface area contributed by atoms with Crippen molar-refractivity contribution in [1.82, 2.24) is 10.2 Å². The molecule has 7 heteroatoms. The zero-order valence-corrected chi connectivity index (χ0v) is 11.5. The summed E-state index contributed by atoms with van der Waals surface area (Å²) in [4.78, 5) is 24.4. The second-order valence-corrected chi connectivity index (χ2v) is 5.24. The number of hydrogen-bond donors (Lipinski definition) is 2. The molecular formula is C11H20N2O4S. The number of urea groups is 1. The first-order chi connectivity index (χ1) is 8.56. The van der Waals surface area contributed by atoms with Crippen LogP contribution in [0.4, 0.5) is 4.79 Å². The minimum Gasteiger partial charge on any atom is -0.480 e. The summed E-state index contributed by atoms with van der Waals surface area (Å²) >= 11 is 1.56. The standard InChI is InChI=1S/C11H20N2O4S/c1-13(8-3-5-17-7-8)11(16)12-9(10(14)15)4-6-18-2/h8-9H,3-7H2,1-2H3,(H,12,16)(H,14,15)/t8?,9-/m1/s1. The van der Waals surface area contributed by atoms with E-state index in [4.69, 9.17) is 9.84 Å². The predicted octanol–water partition coefficient (Wildman–Crippen LogP) is 0.623. The fraction of sp³-hybridized carbons (Fsp3) is 0.818. The number of rotatable bonds is 6. The Kier molecular flexibility index (Phi) is 6.28. The van der Waals surface area contributed by atoms with Gasteiger partial charge in [0.2, 0.25) is 0 Å². The van der Waals surface area contributed by atoms with Crippen LogP contribution in [-0.2, 0) is 9.53 Å². The van der Waals surface area contributed by atoms with E-state index in [0.29, 0.717) is 25.4 Å². The van der Waals surface area contributed by atoms with Crippen molar-refractivity contribution in [3.05, 3.63) is 0 Å². The predicted molar refractivity (Wildman–Crippen MR) is 69.9 cm³/mol. The maximum absolute atomic E-state index is 11.9. The second kappa shape index (κ2) is 7.48. The fourth-order valence-electron chi connectivity index (χ4n) is 1.74. The number of aliphatic carboxylic acids is 1. The third-order valence-corrected chi connectivity index (χ3v) is 3.62. The lowest BCUT2D eigenvalue weighted by atomic mass is 10.2. The molecule has 2 N–H and O–H groups in total. The largest absolute Gasteiger partial charge is 0.480 e. The van der Waals surface area contributed by atoms with Gasteiger partial charge in [-0.05, 0) is 24.9 Å². The molecule has 1 aliphatic rings. The van der Waals surface area contributed by atoms with Gasteiger partial charge in [-0.3, -0.25) is 0 Å². The van der Waals surface area contributed by atoms with Gasteiger partial charge in [0, 0.05) is 13.7 Å². The number of likely N-dealkylation sites (N-methyl/N-ethyl adjacent to an activating group) is 1. The maximum atomic E-state index is 11.9. The molecule has 0 aromatic heterocycles. The van der Waals surface area contributed by atoms with Crippen molar-refractivity contribution >= 4 is 23.8 Å². The molecule has 0 aliphatic carbocycles. The van der Waals surface area contributed by atoms with Crippen LogP contribution in [0.3, 0.4) is 0 Å². The minimum atomic E-state index is -0.992. The van der Waals surface area contributed by atoms with Crippen molar-refractivity contribution in [2.24, 2.45) is 0 Å². The molecule has 1 aliphatic heterocycles. The highest BCUT2D eigenvalue weighted by atomic mass is 32.2. The lowest BCUT2D eigenvalue weighted by Crippen LogP contribution is -2.50. The van der Waals surface area contributed by atoms with E-state index in [1.807, 2.05) is 6.26 Å². The summed E-state index contributed by atoms with van der Waals surface area (Å²) in [6.07, 6.45) is 3.13. The zero-order valence-electron chi connectivity index (χ0n) is 10.7. The van der Waals surface area contributed by atoms with Gasteiger partial charge in [-0.2, -0.15) is 11.8 Å². The molecule has 0 bridgehead atoms. The Bertz CT molecular complexity index is 295. The van der Waals surface area contributed by atoms with Gasteiger partial charge in [0.25, 0.3) is 0 Å². The molecule has 18 heavy (non-hydrogen) atoms. The number of nitrogens with zero attached hydrogens (tertiary/aromatic N) is 1.